The normalized spacial score (nSPS) is 11.3. The fourth-order valence-electron chi connectivity index (χ4n) is 2.73. The minimum absolute atomic E-state index is 0. The number of carboxylic acids is 2. The van der Waals surface area contributed by atoms with Gasteiger partial charge in [-0.3, -0.25) is 9.59 Å². The number of nitrogens with two attached hydrogens (primary N) is 1. The van der Waals surface area contributed by atoms with Crippen molar-refractivity contribution in [3.05, 3.63) is 41.7 Å². The van der Waals surface area contributed by atoms with E-state index < -0.39 is 23.9 Å². The summed E-state index contributed by atoms with van der Waals surface area (Å²) in [5, 5.41) is 33.1. The van der Waals surface area contributed by atoms with Crippen LogP contribution in [-0.4, -0.2) is 88.7 Å². The van der Waals surface area contributed by atoms with Gasteiger partial charge in [0, 0.05) is 17.7 Å². The molecular weight excluding hydrogens is 445 g/mol. The van der Waals surface area contributed by atoms with Gasteiger partial charge in [-0.1, -0.05) is 0 Å². The van der Waals surface area contributed by atoms with E-state index in [9.17, 15) is 19.5 Å². The van der Waals surface area contributed by atoms with E-state index in [1.54, 1.807) is 12.1 Å². The molecule has 1 aromatic carbocycles. The fraction of sp³-hybridized carbons (Fsp3) is 0.211. The van der Waals surface area contributed by atoms with Crippen LogP contribution >= 0.6 is 0 Å². The Morgan fingerprint density at radius 1 is 1.06 bits per heavy atom. The predicted molar refractivity (Wildman–Crippen MR) is 118 cm³/mol. The van der Waals surface area contributed by atoms with E-state index in [-0.39, 0.29) is 77.5 Å². The number of fused-ring (bicyclic) bond motifs is 1. The second-order valence-corrected chi connectivity index (χ2v) is 6.67. The first-order valence-electron chi connectivity index (χ1n) is 9.30. The van der Waals surface area contributed by atoms with Gasteiger partial charge in [0.05, 0.1) is 18.4 Å². The molecule has 0 radical (unpaired) electrons. The fourth-order valence-corrected chi connectivity index (χ4v) is 2.73. The third kappa shape index (κ3) is 6.97. The number of nitrogen functional groups attached to an aromatic ring is 1. The van der Waals surface area contributed by atoms with Crippen LogP contribution in [0.4, 0.5) is 11.6 Å². The maximum absolute atomic E-state index is 12.3. The van der Waals surface area contributed by atoms with Gasteiger partial charge in [-0.25, -0.2) is 14.8 Å². The predicted octanol–water partition coefficient (Wildman–Crippen LogP) is -0.281. The molecule has 2 heterocycles. The maximum atomic E-state index is 12.3. The summed E-state index contributed by atoms with van der Waals surface area (Å²) in [6.45, 7) is 0.245. The van der Waals surface area contributed by atoms with Gasteiger partial charge in [0.2, 0.25) is 11.8 Å². The summed E-state index contributed by atoms with van der Waals surface area (Å²) < 4.78 is 0. The quantitative estimate of drug-likeness (QED) is 0.225. The molecule has 168 valence electrons. The molecule has 0 aliphatic rings. The first kappa shape index (κ1) is 25.7. The van der Waals surface area contributed by atoms with Gasteiger partial charge in [0.25, 0.3) is 5.91 Å². The summed E-state index contributed by atoms with van der Waals surface area (Å²) in [7, 11) is 0. The number of hydrogen-bond donors (Lipinski definition) is 6. The Labute approximate surface area is 208 Å². The second kappa shape index (κ2) is 11.4. The third-order valence-electron chi connectivity index (χ3n) is 4.33. The van der Waals surface area contributed by atoms with Crippen LogP contribution in [0.25, 0.3) is 11.2 Å². The van der Waals surface area contributed by atoms with Crippen LogP contribution in [0.1, 0.15) is 28.9 Å². The molecule has 0 fully saturated rings. The van der Waals surface area contributed by atoms with Crippen molar-refractivity contribution < 1.29 is 29.7 Å². The van der Waals surface area contributed by atoms with Crippen molar-refractivity contribution >= 4 is 70.2 Å². The van der Waals surface area contributed by atoms with Crippen LogP contribution in [0.3, 0.4) is 0 Å². The Kier molecular flexibility index (Phi) is 8.85. The third-order valence-corrected chi connectivity index (χ3v) is 4.33. The Balaban J connectivity index is 0.00000385. The number of benzene rings is 1. The molecule has 0 unspecified atom stereocenters. The zero-order valence-electron chi connectivity index (χ0n) is 16.5. The molecule has 1 amide bonds. The van der Waals surface area contributed by atoms with Gasteiger partial charge < -0.3 is 31.7 Å². The molecule has 7 N–H and O–H groups in total. The van der Waals surface area contributed by atoms with E-state index in [4.69, 9.17) is 15.9 Å². The molecule has 0 aliphatic carbocycles. The van der Waals surface area contributed by atoms with Crippen molar-refractivity contribution in [1.82, 2.24) is 25.3 Å². The molecule has 3 rings (SSSR count). The van der Waals surface area contributed by atoms with Crippen molar-refractivity contribution in [1.29, 1.82) is 0 Å². The van der Waals surface area contributed by atoms with Crippen molar-refractivity contribution in [2.75, 3.05) is 11.1 Å². The number of nitrogens with one attached hydrogen (secondary N) is 2. The van der Waals surface area contributed by atoms with Crippen LogP contribution in [-0.2, 0) is 16.1 Å². The zero-order chi connectivity index (χ0) is 23.3. The molecule has 0 bridgehead atoms. The number of anilines is 2. The van der Waals surface area contributed by atoms with Crippen molar-refractivity contribution in [3.8, 4) is 5.88 Å². The standard InChI is InChI=1S/C19H19N7O6.Na.H/c20-19-25-15-14(17(30)26-19)23-11(8-22-15)7-21-10-3-1-9(2-4-10)16(29)24-12(18(31)32)5-6-13(27)28;;/h1-4,8,12,21H,5-7H2,(H,24,29)(H,27,28)(H,31,32)(H3,20,22,25,26,30);;/t12-;;/m0../s1. The summed E-state index contributed by atoms with van der Waals surface area (Å²) in [6.07, 6.45) is 0.858. The molecule has 1 atom stereocenters. The van der Waals surface area contributed by atoms with Crippen LogP contribution in [0.15, 0.2) is 30.5 Å². The van der Waals surface area contributed by atoms with E-state index in [2.05, 4.69) is 30.6 Å². The number of carboxylic acid groups (broad SMARTS) is 2. The number of carbonyl (C=O) groups is 3. The molecule has 14 heteroatoms. The summed E-state index contributed by atoms with van der Waals surface area (Å²) in [5.74, 6) is -3.59. The molecule has 3 aromatic rings. The number of aromatic nitrogens is 4. The SMILES string of the molecule is Nc1nc(O)c2nc(CNc3ccc(C(=O)N[C@@H](CCC(=O)O)C(=O)O)cc3)cnc2n1.[NaH]. The second-order valence-electron chi connectivity index (χ2n) is 6.67. The number of rotatable bonds is 9. The molecule has 2 aromatic heterocycles. The molecule has 33 heavy (non-hydrogen) atoms. The van der Waals surface area contributed by atoms with Gasteiger partial charge in [0.1, 0.15) is 6.04 Å². The van der Waals surface area contributed by atoms with Gasteiger partial charge in [0.15, 0.2) is 11.2 Å². The Morgan fingerprint density at radius 3 is 2.39 bits per heavy atom. The minimum atomic E-state index is -1.31. The molecule has 13 nitrogen and oxygen atoms in total. The average molecular weight is 465 g/mol. The zero-order valence-corrected chi connectivity index (χ0v) is 16.5. The van der Waals surface area contributed by atoms with E-state index in [0.29, 0.717) is 11.4 Å². The van der Waals surface area contributed by atoms with Crippen molar-refractivity contribution in [2.24, 2.45) is 0 Å². The number of nitrogens with zero attached hydrogens (tertiary/aromatic N) is 4. The monoisotopic (exact) mass is 465 g/mol. The van der Waals surface area contributed by atoms with Crippen molar-refractivity contribution in [2.45, 2.75) is 25.4 Å². The van der Waals surface area contributed by atoms with Crippen LogP contribution in [0.2, 0.25) is 0 Å². The average Bonchev–Trinajstić information content (AvgIpc) is 2.75. The molecule has 0 saturated heterocycles. The summed E-state index contributed by atoms with van der Waals surface area (Å²) in [5.41, 5.74) is 7.07. The Hall–Kier alpha value is -3.55. The number of amides is 1. The first-order valence-corrected chi connectivity index (χ1v) is 9.30. The van der Waals surface area contributed by atoms with Crippen molar-refractivity contribution in [3.63, 3.8) is 0 Å². The number of hydrogen-bond acceptors (Lipinski definition) is 10. The van der Waals surface area contributed by atoms with Crippen LogP contribution in [0, 0.1) is 0 Å². The van der Waals surface area contributed by atoms with E-state index >= 15 is 0 Å². The van der Waals surface area contributed by atoms with E-state index in [1.807, 2.05) is 0 Å². The molecule has 0 spiro atoms. The van der Waals surface area contributed by atoms with Crippen LogP contribution < -0.4 is 16.4 Å². The first-order chi connectivity index (χ1) is 15.2. The number of carbonyl (C=O) groups excluding carboxylic acids is 1. The molecular formula is C19H20N7NaO6. The van der Waals surface area contributed by atoms with Gasteiger partial charge in [-0.15, -0.1) is 0 Å². The summed E-state index contributed by atoms with van der Waals surface area (Å²) in [6, 6.07) is 4.89. The summed E-state index contributed by atoms with van der Waals surface area (Å²) >= 11 is 0. The van der Waals surface area contributed by atoms with Gasteiger partial charge >= 0.3 is 41.5 Å². The Bertz CT molecular complexity index is 1180. The van der Waals surface area contributed by atoms with Crippen LogP contribution in [0.5, 0.6) is 5.88 Å². The molecule has 0 aliphatic heterocycles. The van der Waals surface area contributed by atoms with Gasteiger partial charge in [-0.2, -0.15) is 9.97 Å². The number of aromatic hydroxyl groups is 1. The number of aliphatic carboxylic acids is 2. The summed E-state index contributed by atoms with van der Waals surface area (Å²) in [4.78, 5) is 50.0. The Morgan fingerprint density at radius 2 is 1.76 bits per heavy atom. The van der Waals surface area contributed by atoms with E-state index in [1.165, 1.54) is 18.3 Å². The van der Waals surface area contributed by atoms with Gasteiger partial charge in [-0.05, 0) is 30.7 Å². The topological polar surface area (TPSA) is 214 Å². The molecule has 0 saturated carbocycles. The van der Waals surface area contributed by atoms with E-state index in [0.717, 1.165) is 0 Å².